The van der Waals surface area contributed by atoms with Crippen LogP contribution in [0.2, 0.25) is 0 Å². The van der Waals surface area contributed by atoms with Crippen molar-refractivity contribution in [3.63, 3.8) is 0 Å². The number of rotatable bonds is 4. The molecule has 1 aromatic rings. The van der Waals surface area contributed by atoms with Gasteiger partial charge in [-0.05, 0) is 18.6 Å². The highest BCUT2D eigenvalue weighted by Gasteiger charge is 2.34. The lowest BCUT2D eigenvalue weighted by Crippen LogP contribution is -2.33. The first kappa shape index (κ1) is 11.8. The molecule has 1 aliphatic rings. The third-order valence-corrected chi connectivity index (χ3v) is 2.77. The standard InChI is InChI=1S/C12H13NO4/c14-7-8(15)5-6-13-11(16)9-3-1-2-4-10(9)12(13)17/h1-4,8,14-15H,5-7H2. The number of imide groups is 1. The van der Waals surface area contributed by atoms with Crippen LogP contribution < -0.4 is 0 Å². The van der Waals surface area contributed by atoms with Crippen LogP contribution in [0.5, 0.6) is 0 Å². The van der Waals surface area contributed by atoms with Gasteiger partial charge in [0.1, 0.15) is 0 Å². The third kappa shape index (κ3) is 2.07. The van der Waals surface area contributed by atoms with Crippen molar-refractivity contribution in [3.8, 4) is 0 Å². The fourth-order valence-electron chi connectivity index (χ4n) is 1.81. The van der Waals surface area contributed by atoms with Crippen molar-refractivity contribution in [2.45, 2.75) is 12.5 Å². The number of hydrogen-bond acceptors (Lipinski definition) is 4. The summed E-state index contributed by atoms with van der Waals surface area (Å²) in [4.78, 5) is 24.8. The highest BCUT2D eigenvalue weighted by atomic mass is 16.3. The quantitative estimate of drug-likeness (QED) is 0.721. The molecule has 0 bridgehead atoms. The van der Waals surface area contributed by atoms with E-state index < -0.39 is 6.10 Å². The Bertz CT molecular complexity index is 423. The summed E-state index contributed by atoms with van der Waals surface area (Å²) in [6.07, 6.45) is -0.721. The minimum atomic E-state index is -0.903. The van der Waals surface area contributed by atoms with E-state index in [0.29, 0.717) is 11.1 Å². The van der Waals surface area contributed by atoms with Gasteiger partial charge in [-0.1, -0.05) is 12.1 Å². The van der Waals surface area contributed by atoms with Crippen LogP contribution in [-0.2, 0) is 0 Å². The molecule has 1 aliphatic heterocycles. The van der Waals surface area contributed by atoms with Crippen LogP contribution >= 0.6 is 0 Å². The van der Waals surface area contributed by atoms with Crippen LogP contribution in [0.1, 0.15) is 27.1 Å². The monoisotopic (exact) mass is 235 g/mol. The topological polar surface area (TPSA) is 77.8 Å². The zero-order chi connectivity index (χ0) is 12.4. The molecule has 1 aromatic carbocycles. The van der Waals surface area contributed by atoms with Crippen molar-refractivity contribution >= 4 is 11.8 Å². The second-order valence-electron chi connectivity index (χ2n) is 3.93. The van der Waals surface area contributed by atoms with E-state index in [9.17, 15) is 14.7 Å². The zero-order valence-corrected chi connectivity index (χ0v) is 9.17. The van der Waals surface area contributed by atoms with Gasteiger partial charge in [-0.3, -0.25) is 14.5 Å². The first-order valence-electron chi connectivity index (χ1n) is 5.39. The molecular weight excluding hydrogens is 222 g/mol. The summed E-state index contributed by atoms with van der Waals surface area (Å²) in [6.45, 7) is -0.253. The molecule has 0 fully saturated rings. The van der Waals surface area contributed by atoms with Crippen molar-refractivity contribution in [2.75, 3.05) is 13.2 Å². The van der Waals surface area contributed by atoms with Crippen LogP contribution in [0.15, 0.2) is 24.3 Å². The maximum Gasteiger partial charge on any atom is 0.261 e. The molecular formula is C12H13NO4. The van der Waals surface area contributed by atoms with Gasteiger partial charge < -0.3 is 10.2 Å². The second-order valence-corrected chi connectivity index (χ2v) is 3.93. The SMILES string of the molecule is O=C1c2ccccc2C(=O)N1CCC(O)CO. The van der Waals surface area contributed by atoms with Gasteiger partial charge in [-0.25, -0.2) is 0 Å². The Morgan fingerprint density at radius 2 is 1.65 bits per heavy atom. The lowest BCUT2D eigenvalue weighted by Gasteiger charge is -2.15. The zero-order valence-electron chi connectivity index (χ0n) is 9.17. The van der Waals surface area contributed by atoms with Gasteiger partial charge in [0, 0.05) is 6.54 Å². The summed E-state index contributed by atoms with van der Waals surface area (Å²) >= 11 is 0. The van der Waals surface area contributed by atoms with Crippen LogP contribution in [0, 0.1) is 0 Å². The van der Waals surface area contributed by atoms with E-state index in [-0.39, 0.29) is 31.4 Å². The molecule has 0 radical (unpaired) electrons. The summed E-state index contributed by atoms with van der Waals surface area (Å²) in [5, 5.41) is 17.9. The van der Waals surface area contributed by atoms with Crippen molar-refractivity contribution in [1.82, 2.24) is 4.90 Å². The first-order chi connectivity index (χ1) is 8.15. The van der Waals surface area contributed by atoms with Gasteiger partial charge in [0.25, 0.3) is 11.8 Å². The van der Waals surface area contributed by atoms with E-state index in [1.54, 1.807) is 24.3 Å². The van der Waals surface area contributed by atoms with Gasteiger partial charge in [-0.2, -0.15) is 0 Å². The number of hydrogen-bond donors (Lipinski definition) is 2. The van der Waals surface area contributed by atoms with Crippen LogP contribution in [0.3, 0.4) is 0 Å². The molecule has 2 rings (SSSR count). The number of carbonyl (C=O) groups excluding carboxylic acids is 2. The lowest BCUT2D eigenvalue weighted by molar-refractivity contribution is 0.0560. The predicted octanol–water partition coefficient (Wildman–Crippen LogP) is 0.0259. The maximum absolute atomic E-state index is 11.9. The molecule has 0 aromatic heterocycles. The van der Waals surface area contributed by atoms with Crippen LogP contribution in [0.25, 0.3) is 0 Å². The van der Waals surface area contributed by atoms with Crippen LogP contribution in [0.4, 0.5) is 0 Å². The maximum atomic E-state index is 11.9. The van der Waals surface area contributed by atoms with Gasteiger partial charge in [0.2, 0.25) is 0 Å². The minimum Gasteiger partial charge on any atom is -0.394 e. The Morgan fingerprint density at radius 3 is 2.12 bits per heavy atom. The van der Waals surface area contributed by atoms with Crippen molar-refractivity contribution in [2.24, 2.45) is 0 Å². The van der Waals surface area contributed by atoms with Gasteiger partial charge >= 0.3 is 0 Å². The fraction of sp³-hybridized carbons (Fsp3) is 0.333. The predicted molar refractivity (Wildman–Crippen MR) is 59.5 cm³/mol. The molecule has 17 heavy (non-hydrogen) atoms. The Hall–Kier alpha value is -1.72. The van der Waals surface area contributed by atoms with Crippen molar-refractivity contribution in [1.29, 1.82) is 0 Å². The molecule has 1 unspecified atom stereocenters. The van der Waals surface area contributed by atoms with E-state index in [1.807, 2.05) is 0 Å². The van der Waals surface area contributed by atoms with Gasteiger partial charge in [0.05, 0.1) is 23.8 Å². The van der Waals surface area contributed by atoms with E-state index in [4.69, 9.17) is 5.11 Å². The minimum absolute atomic E-state index is 0.119. The number of aliphatic hydroxyl groups is 2. The Labute approximate surface area is 98.3 Å². The summed E-state index contributed by atoms with van der Waals surface area (Å²) < 4.78 is 0. The van der Waals surface area contributed by atoms with E-state index in [1.165, 1.54) is 0 Å². The first-order valence-corrected chi connectivity index (χ1v) is 5.39. The number of aliphatic hydroxyl groups excluding tert-OH is 2. The van der Waals surface area contributed by atoms with Crippen molar-refractivity contribution in [3.05, 3.63) is 35.4 Å². The largest absolute Gasteiger partial charge is 0.394 e. The molecule has 2 N–H and O–H groups in total. The summed E-state index contributed by atoms with van der Waals surface area (Å²) in [5.41, 5.74) is 0.798. The molecule has 90 valence electrons. The van der Waals surface area contributed by atoms with Crippen molar-refractivity contribution < 1.29 is 19.8 Å². The van der Waals surface area contributed by atoms with E-state index in [2.05, 4.69) is 0 Å². The fourth-order valence-corrected chi connectivity index (χ4v) is 1.81. The lowest BCUT2D eigenvalue weighted by atomic mass is 10.1. The summed E-state index contributed by atoms with van der Waals surface area (Å²) in [6, 6.07) is 6.63. The number of amides is 2. The number of carbonyl (C=O) groups is 2. The van der Waals surface area contributed by atoms with Gasteiger partial charge in [-0.15, -0.1) is 0 Å². The van der Waals surface area contributed by atoms with Crippen LogP contribution in [-0.4, -0.2) is 46.2 Å². The highest BCUT2D eigenvalue weighted by Crippen LogP contribution is 2.22. The highest BCUT2D eigenvalue weighted by molar-refractivity contribution is 6.21. The molecule has 0 saturated heterocycles. The molecule has 5 heteroatoms. The average Bonchev–Trinajstić information content (AvgIpc) is 2.60. The van der Waals surface area contributed by atoms with E-state index in [0.717, 1.165) is 4.90 Å². The average molecular weight is 235 g/mol. The Balaban J connectivity index is 2.13. The molecule has 0 saturated carbocycles. The molecule has 5 nitrogen and oxygen atoms in total. The number of fused-ring (bicyclic) bond motifs is 1. The molecule has 2 amide bonds. The normalized spacial score (nSPS) is 16.2. The third-order valence-electron chi connectivity index (χ3n) is 2.77. The summed E-state index contributed by atoms with van der Waals surface area (Å²) in [7, 11) is 0. The summed E-state index contributed by atoms with van der Waals surface area (Å²) in [5.74, 6) is -0.675. The number of nitrogens with zero attached hydrogens (tertiary/aromatic N) is 1. The molecule has 1 atom stereocenters. The molecule has 0 aliphatic carbocycles. The number of benzene rings is 1. The smallest absolute Gasteiger partial charge is 0.261 e. The Kier molecular flexibility index (Phi) is 3.21. The molecule has 0 spiro atoms. The van der Waals surface area contributed by atoms with Gasteiger partial charge in [0.15, 0.2) is 0 Å². The molecule has 1 heterocycles. The Morgan fingerprint density at radius 1 is 1.12 bits per heavy atom. The van der Waals surface area contributed by atoms with E-state index >= 15 is 0 Å². The second kappa shape index (κ2) is 4.65.